The van der Waals surface area contributed by atoms with E-state index in [1.165, 1.54) is 4.90 Å². The SMILES string of the molecule is CSc1ccc(NC(=O)[C@H](Br)[C@@H](Br)c2ccccc2)cc1. The quantitative estimate of drug-likeness (QED) is 0.520. The van der Waals surface area contributed by atoms with Gasteiger partial charge in [0, 0.05) is 10.6 Å². The molecule has 0 saturated heterocycles. The second kappa shape index (κ2) is 8.01. The molecule has 5 heteroatoms. The fourth-order valence-electron chi connectivity index (χ4n) is 1.82. The van der Waals surface area contributed by atoms with Gasteiger partial charge in [0.25, 0.3) is 0 Å². The first kappa shape index (κ1) is 16.6. The summed E-state index contributed by atoms with van der Waals surface area (Å²) in [7, 11) is 0. The highest BCUT2D eigenvalue weighted by molar-refractivity contribution is 9.12. The Morgan fingerprint density at radius 1 is 1.05 bits per heavy atom. The first-order valence-electron chi connectivity index (χ1n) is 6.40. The lowest BCUT2D eigenvalue weighted by molar-refractivity contribution is -0.115. The molecule has 0 aliphatic heterocycles. The number of benzene rings is 2. The van der Waals surface area contributed by atoms with Crippen molar-refractivity contribution in [1.82, 2.24) is 0 Å². The van der Waals surface area contributed by atoms with Crippen molar-refractivity contribution in [2.45, 2.75) is 14.5 Å². The molecule has 2 atom stereocenters. The van der Waals surface area contributed by atoms with Crippen molar-refractivity contribution < 1.29 is 4.79 Å². The molecule has 2 rings (SSSR count). The Bertz CT molecular complexity index is 589. The topological polar surface area (TPSA) is 29.1 Å². The van der Waals surface area contributed by atoms with Crippen LogP contribution in [-0.4, -0.2) is 17.0 Å². The number of hydrogen-bond acceptors (Lipinski definition) is 2. The molecule has 0 bridgehead atoms. The molecule has 2 aromatic carbocycles. The van der Waals surface area contributed by atoms with Gasteiger partial charge in [0.2, 0.25) is 5.91 Å². The van der Waals surface area contributed by atoms with Crippen LogP contribution in [-0.2, 0) is 4.79 Å². The number of rotatable bonds is 5. The summed E-state index contributed by atoms with van der Waals surface area (Å²) in [5.74, 6) is -0.0716. The molecule has 0 spiro atoms. The highest BCUT2D eigenvalue weighted by atomic mass is 79.9. The summed E-state index contributed by atoms with van der Waals surface area (Å²) in [5.41, 5.74) is 1.86. The maximum absolute atomic E-state index is 12.3. The molecule has 0 aromatic heterocycles. The van der Waals surface area contributed by atoms with E-state index in [-0.39, 0.29) is 15.6 Å². The maximum Gasteiger partial charge on any atom is 0.239 e. The van der Waals surface area contributed by atoms with Gasteiger partial charge in [-0.3, -0.25) is 4.79 Å². The van der Waals surface area contributed by atoms with E-state index in [0.29, 0.717) is 0 Å². The van der Waals surface area contributed by atoms with Crippen molar-refractivity contribution in [3.8, 4) is 0 Å². The normalized spacial score (nSPS) is 13.5. The van der Waals surface area contributed by atoms with Crippen molar-refractivity contribution in [2.75, 3.05) is 11.6 Å². The van der Waals surface area contributed by atoms with Crippen molar-refractivity contribution in [2.24, 2.45) is 0 Å². The van der Waals surface area contributed by atoms with Gasteiger partial charge >= 0.3 is 0 Å². The average Bonchev–Trinajstić information content (AvgIpc) is 2.55. The molecule has 0 unspecified atom stereocenters. The molecule has 0 fully saturated rings. The van der Waals surface area contributed by atoms with Crippen LogP contribution in [0.2, 0.25) is 0 Å². The van der Waals surface area contributed by atoms with E-state index in [0.717, 1.165) is 11.3 Å². The maximum atomic E-state index is 12.3. The minimum absolute atomic E-state index is 0.0716. The number of carbonyl (C=O) groups excluding carboxylic acids is 1. The molecule has 0 heterocycles. The number of anilines is 1. The van der Waals surface area contributed by atoms with Crippen LogP contribution in [0.25, 0.3) is 0 Å². The molecule has 110 valence electrons. The van der Waals surface area contributed by atoms with E-state index in [1.807, 2.05) is 60.9 Å². The zero-order chi connectivity index (χ0) is 15.2. The van der Waals surface area contributed by atoms with Crippen molar-refractivity contribution in [3.05, 3.63) is 60.2 Å². The van der Waals surface area contributed by atoms with Crippen LogP contribution in [0.3, 0.4) is 0 Å². The number of halogens is 2. The van der Waals surface area contributed by atoms with Crippen LogP contribution < -0.4 is 5.32 Å². The molecule has 1 amide bonds. The van der Waals surface area contributed by atoms with E-state index in [9.17, 15) is 4.79 Å². The largest absolute Gasteiger partial charge is 0.325 e. The number of nitrogens with one attached hydrogen (secondary N) is 1. The zero-order valence-corrected chi connectivity index (χ0v) is 15.4. The third kappa shape index (κ3) is 4.59. The minimum Gasteiger partial charge on any atom is -0.325 e. The Morgan fingerprint density at radius 2 is 1.67 bits per heavy atom. The van der Waals surface area contributed by atoms with Gasteiger partial charge < -0.3 is 5.32 Å². The fourth-order valence-corrected chi connectivity index (χ4v) is 3.20. The zero-order valence-electron chi connectivity index (χ0n) is 11.4. The molecule has 0 aliphatic rings. The van der Waals surface area contributed by atoms with E-state index in [4.69, 9.17) is 0 Å². The number of thioether (sulfide) groups is 1. The molecule has 0 saturated carbocycles. The summed E-state index contributed by atoms with van der Waals surface area (Å²) < 4.78 is 0. The van der Waals surface area contributed by atoms with Gasteiger partial charge in [0.05, 0.1) is 4.83 Å². The molecule has 2 nitrogen and oxygen atoms in total. The van der Waals surface area contributed by atoms with Gasteiger partial charge in [-0.05, 0) is 36.1 Å². The number of hydrogen-bond donors (Lipinski definition) is 1. The van der Waals surface area contributed by atoms with Crippen molar-refractivity contribution in [1.29, 1.82) is 0 Å². The minimum atomic E-state index is -0.347. The predicted octanol–water partition coefficient (Wildman–Crippen LogP) is 5.25. The van der Waals surface area contributed by atoms with Crippen LogP contribution in [0.4, 0.5) is 5.69 Å². The van der Waals surface area contributed by atoms with Crippen molar-refractivity contribution >= 4 is 55.2 Å². The lowest BCUT2D eigenvalue weighted by Gasteiger charge is -2.17. The number of alkyl halides is 2. The molecular formula is C16H15Br2NOS. The van der Waals surface area contributed by atoms with Crippen LogP contribution in [0, 0.1) is 0 Å². The van der Waals surface area contributed by atoms with Gasteiger partial charge in [-0.25, -0.2) is 0 Å². The number of amides is 1. The fraction of sp³-hybridized carbons (Fsp3) is 0.188. The van der Waals surface area contributed by atoms with Crippen LogP contribution in [0.1, 0.15) is 10.4 Å². The monoisotopic (exact) mass is 427 g/mol. The second-order valence-electron chi connectivity index (χ2n) is 4.43. The highest BCUT2D eigenvalue weighted by Gasteiger charge is 2.24. The molecule has 21 heavy (non-hydrogen) atoms. The Morgan fingerprint density at radius 3 is 2.24 bits per heavy atom. The van der Waals surface area contributed by atoms with Crippen LogP contribution in [0.5, 0.6) is 0 Å². The molecular weight excluding hydrogens is 414 g/mol. The summed E-state index contributed by atoms with van der Waals surface area (Å²) in [5, 5.41) is 2.92. The van der Waals surface area contributed by atoms with E-state index in [1.54, 1.807) is 11.8 Å². The van der Waals surface area contributed by atoms with E-state index < -0.39 is 0 Å². The molecule has 1 N–H and O–H groups in total. The molecule has 0 aliphatic carbocycles. The Kier molecular flexibility index (Phi) is 6.33. The second-order valence-corrected chi connectivity index (χ2v) is 7.28. The predicted molar refractivity (Wildman–Crippen MR) is 97.7 cm³/mol. The van der Waals surface area contributed by atoms with Gasteiger partial charge in [-0.2, -0.15) is 0 Å². The lowest BCUT2D eigenvalue weighted by atomic mass is 10.1. The summed E-state index contributed by atoms with van der Waals surface area (Å²) in [6.07, 6.45) is 2.03. The van der Waals surface area contributed by atoms with Crippen molar-refractivity contribution in [3.63, 3.8) is 0 Å². The summed E-state index contributed by atoms with van der Waals surface area (Å²) in [6.45, 7) is 0. The third-order valence-electron chi connectivity index (χ3n) is 2.98. The molecule has 2 aromatic rings. The summed E-state index contributed by atoms with van der Waals surface area (Å²) >= 11 is 8.72. The van der Waals surface area contributed by atoms with E-state index in [2.05, 4.69) is 37.2 Å². The third-order valence-corrected chi connectivity index (χ3v) is 6.44. The first-order chi connectivity index (χ1) is 10.1. The summed E-state index contributed by atoms with van der Waals surface area (Å²) in [4.78, 5) is 13.0. The Balaban J connectivity index is 2.01. The van der Waals surface area contributed by atoms with Crippen LogP contribution >= 0.6 is 43.6 Å². The smallest absolute Gasteiger partial charge is 0.239 e. The highest BCUT2D eigenvalue weighted by Crippen LogP contribution is 2.31. The average molecular weight is 429 g/mol. The lowest BCUT2D eigenvalue weighted by Crippen LogP contribution is -2.26. The van der Waals surface area contributed by atoms with Gasteiger partial charge in [-0.15, -0.1) is 11.8 Å². The van der Waals surface area contributed by atoms with Gasteiger partial charge in [0.1, 0.15) is 4.83 Å². The summed E-state index contributed by atoms with van der Waals surface area (Å²) in [6, 6.07) is 17.7. The van der Waals surface area contributed by atoms with Gasteiger partial charge in [-0.1, -0.05) is 62.2 Å². The van der Waals surface area contributed by atoms with Crippen LogP contribution in [0.15, 0.2) is 59.5 Å². The van der Waals surface area contributed by atoms with E-state index >= 15 is 0 Å². The Hall–Kier alpha value is -0.780. The molecule has 0 radical (unpaired) electrons. The standard InChI is InChI=1S/C16H15Br2NOS/c1-21-13-9-7-12(8-10-13)19-16(20)15(18)14(17)11-5-3-2-4-6-11/h2-10,14-15H,1H3,(H,19,20)/t14-,15+/m0/s1. The number of carbonyl (C=O) groups is 1. The van der Waals surface area contributed by atoms with Gasteiger partial charge in [0.15, 0.2) is 0 Å². The first-order valence-corrected chi connectivity index (χ1v) is 9.45. The Labute approximate surface area is 146 Å².